The van der Waals surface area contributed by atoms with Gasteiger partial charge in [0.15, 0.2) is 0 Å². The quantitative estimate of drug-likeness (QED) is 0.759. The van der Waals surface area contributed by atoms with Gasteiger partial charge in [0, 0.05) is 50.7 Å². The van der Waals surface area contributed by atoms with Crippen molar-refractivity contribution in [1.82, 2.24) is 9.88 Å². The van der Waals surface area contributed by atoms with Crippen molar-refractivity contribution in [2.24, 2.45) is 0 Å². The molecule has 0 saturated carbocycles. The van der Waals surface area contributed by atoms with E-state index in [1.807, 2.05) is 48.2 Å². The molecule has 1 aromatic carbocycles. The molecule has 1 fully saturated rings. The summed E-state index contributed by atoms with van der Waals surface area (Å²) in [6.45, 7) is 5.90. The van der Waals surface area contributed by atoms with E-state index in [1.165, 1.54) is 5.69 Å². The second-order valence-corrected chi connectivity index (χ2v) is 6.29. The van der Waals surface area contributed by atoms with E-state index in [0.717, 1.165) is 43.9 Å². The molecule has 2 heterocycles. The van der Waals surface area contributed by atoms with Gasteiger partial charge in [0.1, 0.15) is 5.75 Å². The number of hydrogen-bond donors (Lipinski definition) is 0. The first-order valence-electron chi connectivity index (χ1n) is 8.85. The maximum absolute atomic E-state index is 12.4. The number of rotatable bonds is 6. The van der Waals surface area contributed by atoms with Crippen LogP contribution in [0, 0.1) is 6.92 Å². The van der Waals surface area contributed by atoms with E-state index < -0.39 is 0 Å². The number of carbonyl (C=O) groups excluding carboxylic acids is 1. The zero-order valence-corrected chi connectivity index (χ0v) is 14.7. The highest BCUT2D eigenvalue weighted by atomic mass is 16.5. The molecule has 0 radical (unpaired) electrons. The van der Waals surface area contributed by atoms with Crippen molar-refractivity contribution in [3.8, 4) is 5.75 Å². The molecule has 0 atom stereocenters. The minimum Gasteiger partial charge on any atom is -0.493 e. The number of benzene rings is 1. The minimum absolute atomic E-state index is 0.225. The van der Waals surface area contributed by atoms with Gasteiger partial charge >= 0.3 is 0 Å². The van der Waals surface area contributed by atoms with Crippen LogP contribution in [0.2, 0.25) is 0 Å². The molecule has 2 aromatic rings. The summed E-state index contributed by atoms with van der Waals surface area (Å²) in [4.78, 5) is 20.7. The molecule has 1 amide bonds. The highest BCUT2D eigenvalue weighted by Crippen LogP contribution is 2.17. The maximum atomic E-state index is 12.4. The number of anilines is 1. The highest BCUT2D eigenvalue weighted by molar-refractivity contribution is 5.76. The van der Waals surface area contributed by atoms with Crippen LogP contribution in [0.1, 0.15) is 18.4 Å². The zero-order chi connectivity index (χ0) is 17.5. The molecule has 5 heteroatoms. The number of ether oxygens (including phenoxy) is 1. The summed E-state index contributed by atoms with van der Waals surface area (Å²) < 4.78 is 5.76. The lowest BCUT2D eigenvalue weighted by molar-refractivity contribution is -0.131. The van der Waals surface area contributed by atoms with Crippen LogP contribution in [0.15, 0.2) is 48.8 Å². The van der Waals surface area contributed by atoms with E-state index in [2.05, 4.69) is 9.88 Å². The molecule has 0 bridgehead atoms. The van der Waals surface area contributed by atoms with E-state index >= 15 is 0 Å². The molecule has 0 N–H and O–H groups in total. The number of pyridine rings is 1. The molecule has 5 nitrogen and oxygen atoms in total. The Hall–Kier alpha value is -2.56. The topological polar surface area (TPSA) is 45.7 Å². The van der Waals surface area contributed by atoms with Crippen molar-refractivity contribution >= 4 is 11.6 Å². The predicted octanol–water partition coefficient (Wildman–Crippen LogP) is 2.90. The number of nitrogens with zero attached hydrogens (tertiary/aromatic N) is 3. The zero-order valence-electron chi connectivity index (χ0n) is 14.7. The fourth-order valence-corrected chi connectivity index (χ4v) is 3.05. The summed E-state index contributed by atoms with van der Waals surface area (Å²) in [6, 6.07) is 12.0. The SMILES string of the molecule is Cc1ccccc1OCCCC(=O)N1CCN(c2ccncc2)CC1. The van der Waals surface area contributed by atoms with Gasteiger partial charge in [0.25, 0.3) is 0 Å². The summed E-state index contributed by atoms with van der Waals surface area (Å²) >= 11 is 0. The van der Waals surface area contributed by atoms with Crippen molar-refractivity contribution in [3.05, 3.63) is 54.4 Å². The van der Waals surface area contributed by atoms with E-state index in [1.54, 1.807) is 12.4 Å². The van der Waals surface area contributed by atoms with Gasteiger partial charge < -0.3 is 14.5 Å². The van der Waals surface area contributed by atoms with Crippen LogP contribution in [-0.2, 0) is 4.79 Å². The third-order valence-electron chi connectivity index (χ3n) is 4.55. The number of piperazine rings is 1. The molecule has 1 aliphatic heterocycles. The Morgan fingerprint density at radius 2 is 1.80 bits per heavy atom. The van der Waals surface area contributed by atoms with Crippen LogP contribution in [-0.4, -0.2) is 48.6 Å². The number of aryl methyl sites for hydroxylation is 1. The smallest absolute Gasteiger partial charge is 0.222 e. The first-order chi connectivity index (χ1) is 12.2. The van der Waals surface area contributed by atoms with E-state index in [-0.39, 0.29) is 5.91 Å². The Morgan fingerprint density at radius 3 is 2.52 bits per heavy atom. The molecule has 3 rings (SSSR count). The molecule has 1 saturated heterocycles. The van der Waals surface area contributed by atoms with Crippen LogP contribution >= 0.6 is 0 Å². The molecular formula is C20H25N3O2. The normalized spacial score (nSPS) is 14.4. The number of para-hydroxylation sites is 1. The number of hydrogen-bond acceptors (Lipinski definition) is 4. The van der Waals surface area contributed by atoms with Crippen molar-refractivity contribution in [2.45, 2.75) is 19.8 Å². The number of amides is 1. The lowest BCUT2D eigenvalue weighted by Gasteiger charge is -2.36. The van der Waals surface area contributed by atoms with Gasteiger partial charge in [0.05, 0.1) is 6.61 Å². The molecule has 25 heavy (non-hydrogen) atoms. The highest BCUT2D eigenvalue weighted by Gasteiger charge is 2.20. The Morgan fingerprint density at radius 1 is 1.08 bits per heavy atom. The standard InChI is InChI=1S/C20H25N3O2/c1-17-5-2-3-6-19(17)25-16-4-7-20(24)23-14-12-22(13-15-23)18-8-10-21-11-9-18/h2-3,5-6,8-11H,4,7,12-16H2,1H3. The average molecular weight is 339 g/mol. The third-order valence-corrected chi connectivity index (χ3v) is 4.55. The molecule has 132 valence electrons. The molecule has 1 aromatic heterocycles. The van der Waals surface area contributed by atoms with Crippen LogP contribution in [0.5, 0.6) is 5.75 Å². The Bertz CT molecular complexity index is 682. The van der Waals surface area contributed by atoms with Crippen LogP contribution in [0.25, 0.3) is 0 Å². The van der Waals surface area contributed by atoms with Gasteiger partial charge in [-0.15, -0.1) is 0 Å². The van der Waals surface area contributed by atoms with Crippen molar-refractivity contribution in [2.75, 3.05) is 37.7 Å². The van der Waals surface area contributed by atoms with Gasteiger partial charge in [-0.25, -0.2) is 0 Å². The Kier molecular flexibility index (Phi) is 5.88. The van der Waals surface area contributed by atoms with Gasteiger partial charge in [-0.1, -0.05) is 18.2 Å². The largest absolute Gasteiger partial charge is 0.493 e. The van der Waals surface area contributed by atoms with Gasteiger partial charge in [0.2, 0.25) is 5.91 Å². The predicted molar refractivity (Wildman–Crippen MR) is 98.9 cm³/mol. The van der Waals surface area contributed by atoms with E-state index in [9.17, 15) is 4.79 Å². The fraction of sp³-hybridized carbons (Fsp3) is 0.400. The van der Waals surface area contributed by atoms with Crippen LogP contribution in [0.3, 0.4) is 0 Å². The van der Waals surface area contributed by atoms with Crippen molar-refractivity contribution in [3.63, 3.8) is 0 Å². The van der Waals surface area contributed by atoms with Crippen molar-refractivity contribution in [1.29, 1.82) is 0 Å². The van der Waals surface area contributed by atoms with Crippen molar-refractivity contribution < 1.29 is 9.53 Å². The molecule has 0 unspecified atom stereocenters. The summed E-state index contributed by atoms with van der Waals surface area (Å²) in [5, 5.41) is 0. The van der Waals surface area contributed by atoms with E-state index in [0.29, 0.717) is 13.0 Å². The summed E-state index contributed by atoms with van der Waals surface area (Å²) in [6.07, 6.45) is 4.90. The summed E-state index contributed by atoms with van der Waals surface area (Å²) in [5.41, 5.74) is 2.30. The Balaban J connectivity index is 1.37. The Labute approximate surface area is 149 Å². The van der Waals surface area contributed by atoms with E-state index in [4.69, 9.17) is 4.74 Å². The first kappa shape index (κ1) is 17.3. The second kappa shape index (κ2) is 8.51. The first-order valence-corrected chi connectivity index (χ1v) is 8.85. The third kappa shape index (κ3) is 4.72. The van der Waals surface area contributed by atoms with Crippen LogP contribution < -0.4 is 9.64 Å². The van der Waals surface area contributed by atoms with Crippen LogP contribution in [0.4, 0.5) is 5.69 Å². The molecular weight excluding hydrogens is 314 g/mol. The lowest BCUT2D eigenvalue weighted by atomic mass is 10.2. The number of carbonyl (C=O) groups is 1. The maximum Gasteiger partial charge on any atom is 0.222 e. The molecule has 0 spiro atoms. The number of aromatic nitrogens is 1. The molecule has 0 aliphatic carbocycles. The van der Waals surface area contributed by atoms with Gasteiger partial charge in [-0.2, -0.15) is 0 Å². The van der Waals surface area contributed by atoms with Gasteiger partial charge in [-0.3, -0.25) is 9.78 Å². The second-order valence-electron chi connectivity index (χ2n) is 6.29. The lowest BCUT2D eigenvalue weighted by Crippen LogP contribution is -2.48. The van der Waals surface area contributed by atoms with Gasteiger partial charge in [-0.05, 0) is 37.1 Å². The summed E-state index contributed by atoms with van der Waals surface area (Å²) in [5.74, 6) is 1.13. The average Bonchev–Trinajstić information content (AvgIpc) is 2.67. The fourth-order valence-electron chi connectivity index (χ4n) is 3.05. The minimum atomic E-state index is 0.225. The summed E-state index contributed by atoms with van der Waals surface area (Å²) in [7, 11) is 0. The molecule has 1 aliphatic rings. The monoisotopic (exact) mass is 339 g/mol.